The van der Waals surface area contributed by atoms with Gasteiger partial charge in [0.25, 0.3) is 0 Å². The molecule has 27 heavy (non-hydrogen) atoms. The maximum atomic E-state index is 12.4. The van der Waals surface area contributed by atoms with E-state index in [1.165, 1.54) is 11.3 Å². The molecule has 0 bridgehead atoms. The number of imide groups is 2. The molecular formula is C18H23N3O5S. The standard InChI is InChI=1S/C18H23N3O5S/c1-5-8-20-14(23)15(24)21(17(20)26)10-12(22)13-7-6-11(27-13)9-19-16(25)18(2,3)4/h6-7H,5,8-10H2,1-4H3,(H,19,25). The lowest BCUT2D eigenvalue weighted by Gasteiger charge is -2.17. The number of carbonyl (C=O) groups is 5. The Bertz CT molecular complexity index is 793. The molecule has 9 heteroatoms. The topological polar surface area (TPSA) is 104 Å². The molecule has 1 aromatic rings. The number of hydrogen-bond acceptors (Lipinski definition) is 6. The first-order chi connectivity index (χ1) is 12.6. The van der Waals surface area contributed by atoms with Crippen molar-refractivity contribution < 1.29 is 24.0 Å². The van der Waals surface area contributed by atoms with Crippen LogP contribution < -0.4 is 5.32 Å². The molecule has 2 heterocycles. The Labute approximate surface area is 161 Å². The normalized spacial score (nSPS) is 14.9. The highest BCUT2D eigenvalue weighted by molar-refractivity contribution is 7.14. The van der Waals surface area contributed by atoms with Gasteiger partial charge in [-0.2, -0.15) is 0 Å². The van der Waals surface area contributed by atoms with E-state index in [0.29, 0.717) is 22.7 Å². The van der Waals surface area contributed by atoms with Gasteiger partial charge in [0.15, 0.2) is 5.78 Å². The molecule has 0 radical (unpaired) electrons. The second-order valence-electron chi connectivity index (χ2n) is 7.25. The number of urea groups is 1. The molecule has 1 aromatic heterocycles. The van der Waals surface area contributed by atoms with Crippen molar-refractivity contribution in [1.82, 2.24) is 15.1 Å². The van der Waals surface area contributed by atoms with E-state index in [4.69, 9.17) is 0 Å². The van der Waals surface area contributed by atoms with Crippen molar-refractivity contribution in [3.63, 3.8) is 0 Å². The minimum atomic E-state index is -0.976. The van der Waals surface area contributed by atoms with Gasteiger partial charge in [0.05, 0.1) is 18.0 Å². The molecule has 1 N–H and O–H groups in total. The number of hydrogen-bond donors (Lipinski definition) is 1. The summed E-state index contributed by atoms with van der Waals surface area (Å²) in [6.07, 6.45) is 0.529. The summed E-state index contributed by atoms with van der Waals surface area (Å²) in [6.45, 7) is 7.15. The average molecular weight is 393 g/mol. The molecule has 8 nitrogen and oxygen atoms in total. The van der Waals surface area contributed by atoms with Crippen molar-refractivity contribution in [2.24, 2.45) is 5.41 Å². The molecule has 0 saturated carbocycles. The second kappa shape index (κ2) is 7.99. The van der Waals surface area contributed by atoms with Gasteiger partial charge in [0, 0.05) is 16.8 Å². The quantitative estimate of drug-likeness (QED) is 0.432. The van der Waals surface area contributed by atoms with Crippen LogP contribution in [0.3, 0.4) is 0 Å². The van der Waals surface area contributed by atoms with E-state index in [1.807, 2.05) is 0 Å². The van der Waals surface area contributed by atoms with Gasteiger partial charge >= 0.3 is 17.8 Å². The van der Waals surface area contributed by atoms with Gasteiger partial charge in [0.2, 0.25) is 5.91 Å². The average Bonchev–Trinajstić information content (AvgIpc) is 3.14. The number of ketones is 1. The third-order valence-corrected chi connectivity index (χ3v) is 5.05. The van der Waals surface area contributed by atoms with Gasteiger partial charge in [-0.3, -0.25) is 24.1 Å². The van der Waals surface area contributed by atoms with Gasteiger partial charge in [-0.15, -0.1) is 11.3 Å². The predicted molar refractivity (Wildman–Crippen MR) is 99.1 cm³/mol. The van der Waals surface area contributed by atoms with Crippen LogP contribution >= 0.6 is 11.3 Å². The van der Waals surface area contributed by atoms with Gasteiger partial charge in [-0.1, -0.05) is 27.7 Å². The molecule has 0 unspecified atom stereocenters. The summed E-state index contributed by atoms with van der Waals surface area (Å²) in [5, 5.41) is 2.79. The molecular weight excluding hydrogens is 370 g/mol. The predicted octanol–water partition coefficient (Wildman–Crippen LogP) is 1.79. The van der Waals surface area contributed by atoms with E-state index in [0.717, 1.165) is 9.78 Å². The second-order valence-corrected chi connectivity index (χ2v) is 8.42. The Balaban J connectivity index is 2.00. The SMILES string of the molecule is CCCN1C(=O)C(=O)N(CC(=O)c2ccc(CNC(=O)C(C)(C)C)s2)C1=O. The number of carbonyl (C=O) groups excluding carboxylic acids is 5. The number of Topliss-reactive ketones (excluding diaryl/α,β-unsaturated/α-hetero) is 1. The van der Waals surface area contributed by atoms with Crippen LogP contribution in [0.5, 0.6) is 0 Å². The molecule has 0 aliphatic carbocycles. The van der Waals surface area contributed by atoms with E-state index >= 15 is 0 Å². The number of nitrogens with one attached hydrogen (secondary N) is 1. The zero-order chi connectivity index (χ0) is 20.4. The summed E-state index contributed by atoms with van der Waals surface area (Å²) >= 11 is 1.18. The van der Waals surface area contributed by atoms with Crippen LogP contribution in [0.2, 0.25) is 0 Å². The Morgan fingerprint density at radius 2 is 1.70 bits per heavy atom. The molecule has 0 atom stereocenters. The molecule has 1 aliphatic heterocycles. The Morgan fingerprint density at radius 3 is 2.30 bits per heavy atom. The van der Waals surface area contributed by atoms with Gasteiger partial charge in [-0.25, -0.2) is 9.69 Å². The summed E-state index contributed by atoms with van der Waals surface area (Å²) < 4.78 is 0. The first-order valence-electron chi connectivity index (χ1n) is 8.63. The van der Waals surface area contributed by atoms with Crippen molar-refractivity contribution in [3.8, 4) is 0 Å². The number of nitrogens with zero attached hydrogens (tertiary/aromatic N) is 2. The largest absolute Gasteiger partial charge is 0.351 e. The van der Waals surface area contributed by atoms with Crippen LogP contribution in [0.4, 0.5) is 4.79 Å². The van der Waals surface area contributed by atoms with Crippen molar-refractivity contribution in [2.45, 2.75) is 40.7 Å². The molecule has 5 amide bonds. The maximum absolute atomic E-state index is 12.4. The summed E-state index contributed by atoms with van der Waals surface area (Å²) in [5.74, 6) is -2.41. The Kier molecular flexibility index (Phi) is 6.15. The zero-order valence-electron chi connectivity index (χ0n) is 15.8. The van der Waals surface area contributed by atoms with Crippen LogP contribution in [-0.4, -0.2) is 52.4 Å². The van der Waals surface area contributed by atoms with Gasteiger partial charge < -0.3 is 5.32 Å². The van der Waals surface area contributed by atoms with Crippen LogP contribution in [0.25, 0.3) is 0 Å². The Hall–Kier alpha value is -2.55. The maximum Gasteiger partial charge on any atom is 0.334 e. The smallest absolute Gasteiger partial charge is 0.334 e. The summed E-state index contributed by atoms with van der Waals surface area (Å²) in [4.78, 5) is 63.0. The minimum absolute atomic E-state index is 0.105. The summed E-state index contributed by atoms with van der Waals surface area (Å²) in [5.41, 5.74) is -0.511. The van der Waals surface area contributed by atoms with E-state index in [-0.39, 0.29) is 12.5 Å². The highest BCUT2D eigenvalue weighted by atomic mass is 32.1. The number of rotatable bonds is 7. The van der Waals surface area contributed by atoms with E-state index < -0.39 is 35.6 Å². The van der Waals surface area contributed by atoms with Crippen molar-refractivity contribution >= 4 is 40.9 Å². The molecule has 0 spiro atoms. The van der Waals surface area contributed by atoms with Crippen molar-refractivity contribution in [1.29, 1.82) is 0 Å². The zero-order valence-corrected chi connectivity index (χ0v) is 16.6. The highest BCUT2D eigenvalue weighted by Crippen LogP contribution is 2.20. The molecule has 2 rings (SSSR count). The fourth-order valence-electron chi connectivity index (χ4n) is 2.39. The molecule has 0 aromatic carbocycles. The summed E-state index contributed by atoms with van der Waals surface area (Å²) in [7, 11) is 0. The third kappa shape index (κ3) is 4.60. The minimum Gasteiger partial charge on any atom is -0.351 e. The first-order valence-corrected chi connectivity index (χ1v) is 9.45. The number of amides is 5. The van der Waals surface area contributed by atoms with Crippen molar-refractivity contribution in [3.05, 3.63) is 21.9 Å². The van der Waals surface area contributed by atoms with Crippen LogP contribution in [0.15, 0.2) is 12.1 Å². The van der Waals surface area contributed by atoms with Crippen LogP contribution in [-0.2, 0) is 20.9 Å². The number of thiophene rings is 1. The van der Waals surface area contributed by atoms with Crippen molar-refractivity contribution in [2.75, 3.05) is 13.1 Å². The lowest BCUT2D eigenvalue weighted by molar-refractivity contribution is -0.143. The molecule has 1 saturated heterocycles. The monoisotopic (exact) mass is 393 g/mol. The molecule has 1 fully saturated rings. The Morgan fingerprint density at radius 1 is 1.07 bits per heavy atom. The van der Waals surface area contributed by atoms with Crippen LogP contribution in [0.1, 0.15) is 48.7 Å². The fourth-order valence-corrected chi connectivity index (χ4v) is 3.26. The lowest BCUT2D eigenvalue weighted by Crippen LogP contribution is -2.37. The lowest BCUT2D eigenvalue weighted by atomic mass is 9.96. The van der Waals surface area contributed by atoms with E-state index in [9.17, 15) is 24.0 Å². The van der Waals surface area contributed by atoms with Gasteiger partial charge in [-0.05, 0) is 18.6 Å². The van der Waals surface area contributed by atoms with E-state index in [2.05, 4.69) is 5.32 Å². The van der Waals surface area contributed by atoms with Crippen LogP contribution in [0, 0.1) is 5.41 Å². The third-order valence-electron chi connectivity index (χ3n) is 3.92. The fraction of sp³-hybridized carbons (Fsp3) is 0.500. The first kappa shape index (κ1) is 20.8. The van der Waals surface area contributed by atoms with Gasteiger partial charge in [0.1, 0.15) is 0 Å². The summed E-state index contributed by atoms with van der Waals surface area (Å²) in [6, 6.07) is 2.54. The molecule has 146 valence electrons. The highest BCUT2D eigenvalue weighted by Gasteiger charge is 2.44. The molecule has 1 aliphatic rings. The van der Waals surface area contributed by atoms with E-state index in [1.54, 1.807) is 39.8 Å².